The van der Waals surface area contributed by atoms with E-state index in [-0.39, 0.29) is 5.97 Å². The maximum absolute atomic E-state index is 10.2. The third-order valence-electron chi connectivity index (χ3n) is 0.534. The number of hydrogen-bond acceptors (Lipinski definition) is 3. The largest absolute Gasteiger partial charge is 0.503 e. The van der Waals surface area contributed by atoms with E-state index in [9.17, 15) is 4.79 Å². The molecule has 0 aromatic rings. The number of rotatable bonds is 1. The van der Waals surface area contributed by atoms with Gasteiger partial charge in [-0.2, -0.15) is 0 Å². The minimum absolute atomic E-state index is 0.347. The highest BCUT2D eigenvalue weighted by Gasteiger charge is 1.95. The van der Waals surface area contributed by atoms with E-state index in [4.69, 9.17) is 15.0 Å². The van der Waals surface area contributed by atoms with Crippen LogP contribution < -0.4 is 0 Å². The van der Waals surface area contributed by atoms with Gasteiger partial charge in [-0.1, -0.05) is 6.58 Å². The van der Waals surface area contributed by atoms with Crippen LogP contribution in [0.1, 0.15) is 6.92 Å². The molecule has 64 valence electrons. The first-order chi connectivity index (χ1) is 4.91. The van der Waals surface area contributed by atoms with Gasteiger partial charge >= 0.3 is 12.1 Å². The number of ether oxygens (including phenoxy) is 1. The second-order valence-corrected chi connectivity index (χ2v) is 1.55. The van der Waals surface area contributed by atoms with Crippen LogP contribution in [-0.4, -0.2) is 29.4 Å². The molecule has 0 saturated carbocycles. The van der Waals surface area contributed by atoms with Crippen LogP contribution in [-0.2, 0) is 9.53 Å². The Morgan fingerprint density at radius 2 is 1.64 bits per heavy atom. The Morgan fingerprint density at radius 1 is 1.36 bits per heavy atom. The van der Waals surface area contributed by atoms with Gasteiger partial charge in [0.2, 0.25) is 0 Å². The lowest BCUT2D eigenvalue weighted by Crippen LogP contribution is -1.98. The summed E-state index contributed by atoms with van der Waals surface area (Å²) in [5.41, 5.74) is 0.433. The molecule has 0 aliphatic heterocycles. The van der Waals surface area contributed by atoms with Gasteiger partial charge < -0.3 is 14.9 Å². The van der Waals surface area contributed by atoms with Crippen LogP contribution in [0.5, 0.6) is 0 Å². The van der Waals surface area contributed by atoms with E-state index in [1.54, 1.807) is 6.92 Å². The molecule has 5 nitrogen and oxygen atoms in total. The molecule has 0 atom stereocenters. The Hall–Kier alpha value is -1.52. The van der Waals surface area contributed by atoms with Gasteiger partial charge in [-0.3, -0.25) is 0 Å². The predicted molar refractivity (Wildman–Crippen MR) is 37.5 cm³/mol. The monoisotopic (exact) mass is 162 g/mol. The Labute approximate surface area is 63.9 Å². The molecule has 0 amide bonds. The van der Waals surface area contributed by atoms with E-state index in [1.165, 1.54) is 7.11 Å². The van der Waals surface area contributed by atoms with Crippen LogP contribution in [0.25, 0.3) is 0 Å². The summed E-state index contributed by atoms with van der Waals surface area (Å²) in [6, 6.07) is 0. The zero-order valence-electron chi connectivity index (χ0n) is 6.33. The molecule has 0 aromatic heterocycles. The Balaban J connectivity index is 0. The molecule has 0 aromatic carbocycles. The number of methoxy groups -OCH3 is 1. The van der Waals surface area contributed by atoms with Crippen molar-refractivity contribution in [3.8, 4) is 0 Å². The quantitative estimate of drug-likeness (QED) is 0.443. The van der Waals surface area contributed by atoms with Crippen LogP contribution >= 0.6 is 0 Å². The minimum Gasteiger partial charge on any atom is -0.466 e. The number of carbonyl (C=O) groups is 2. The number of carbonyl (C=O) groups excluding carboxylic acids is 1. The Kier molecular flexibility index (Phi) is 7.31. The summed E-state index contributed by atoms with van der Waals surface area (Å²) in [5.74, 6) is -0.347. The van der Waals surface area contributed by atoms with Gasteiger partial charge in [-0.15, -0.1) is 0 Å². The van der Waals surface area contributed by atoms with E-state index >= 15 is 0 Å². The van der Waals surface area contributed by atoms with Crippen molar-refractivity contribution in [3.05, 3.63) is 12.2 Å². The fourth-order valence-electron chi connectivity index (χ4n) is 0.174. The third-order valence-corrected chi connectivity index (χ3v) is 0.534. The van der Waals surface area contributed by atoms with Gasteiger partial charge in [-0.05, 0) is 6.92 Å². The summed E-state index contributed by atoms with van der Waals surface area (Å²) in [4.78, 5) is 18.7. The summed E-state index contributed by atoms with van der Waals surface area (Å²) < 4.78 is 4.27. The van der Waals surface area contributed by atoms with Crippen LogP contribution in [0.4, 0.5) is 4.79 Å². The summed E-state index contributed by atoms with van der Waals surface area (Å²) >= 11 is 0. The first-order valence-electron chi connectivity index (χ1n) is 2.57. The standard InChI is InChI=1S/C5H8O2.CH2O3/c1-4(2)5(6)7-3;2-1(3)4/h1H2,2-3H3;(H2,2,3,4). The topological polar surface area (TPSA) is 83.8 Å². The second kappa shape index (κ2) is 6.60. The molecule has 0 bridgehead atoms. The van der Waals surface area contributed by atoms with E-state index < -0.39 is 6.16 Å². The molecule has 0 aliphatic carbocycles. The van der Waals surface area contributed by atoms with E-state index in [0.717, 1.165) is 0 Å². The average Bonchev–Trinajstić information content (AvgIpc) is 1.85. The van der Waals surface area contributed by atoms with Crippen molar-refractivity contribution in [2.24, 2.45) is 0 Å². The molecule has 0 spiro atoms. The maximum Gasteiger partial charge on any atom is 0.503 e. The highest BCUT2D eigenvalue weighted by atomic mass is 16.6. The summed E-state index contributed by atoms with van der Waals surface area (Å²) in [5, 5.41) is 13.9. The molecule has 11 heavy (non-hydrogen) atoms. The third kappa shape index (κ3) is 17.7. The van der Waals surface area contributed by atoms with Gasteiger partial charge in [0.25, 0.3) is 0 Å². The molecule has 0 unspecified atom stereocenters. The molecular weight excluding hydrogens is 152 g/mol. The average molecular weight is 162 g/mol. The van der Waals surface area contributed by atoms with Crippen molar-refractivity contribution in [3.63, 3.8) is 0 Å². The molecule has 0 fully saturated rings. The summed E-state index contributed by atoms with van der Waals surface area (Å²) in [7, 11) is 1.33. The maximum atomic E-state index is 10.2. The van der Waals surface area contributed by atoms with Crippen molar-refractivity contribution < 1.29 is 24.5 Å². The molecule has 0 radical (unpaired) electrons. The lowest BCUT2D eigenvalue weighted by molar-refractivity contribution is -0.136. The van der Waals surface area contributed by atoms with Gasteiger partial charge in [0.15, 0.2) is 0 Å². The molecule has 0 heterocycles. The van der Waals surface area contributed by atoms with Gasteiger partial charge in [0, 0.05) is 5.57 Å². The highest BCUT2D eigenvalue weighted by Crippen LogP contribution is 1.87. The van der Waals surface area contributed by atoms with Gasteiger partial charge in [-0.25, -0.2) is 9.59 Å². The molecule has 5 heteroatoms. The Morgan fingerprint density at radius 3 is 1.64 bits per heavy atom. The molecular formula is C6H10O5. The van der Waals surface area contributed by atoms with Gasteiger partial charge in [0.1, 0.15) is 0 Å². The number of esters is 1. The van der Waals surface area contributed by atoms with E-state index in [1.807, 2.05) is 0 Å². The molecule has 0 saturated heterocycles. The van der Waals surface area contributed by atoms with Crippen LogP contribution in [0.2, 0.25) is 0 Å². The number of hydrogen-bond donors (Lipinski definition) is 2. The van der Waals surface area contributed by atoms with Crippen LogP contribution in [0.15, 0.2) is 12.2 Å². The van der Waals surface area contributed by atoms with Crippen LogP contribution in [0, 0.1) is 0 Å². The highest BCUT2D eigenvalue weighted by molar-refractivity contribution is 5.86. The van der Waals surface area contributed by atoms with E-state index in [2.05, 4.69) is 11.3 Å². The minimum atomic E-state index is -1.83. The predicted octanol–water partition coefficient (Wildman–Crippen LogP) is 0.958. The van der Waals surface area contributed by atoms with Crippen molar-refractivity contribution in [2.75, 3.05) is 7.11 Å². The molecule has 0 aliphatic rings. The zero-order valence-corrected chi connectivity index (χ0v) is 6.33. The fraction of sp³-hybridized carbons (Fsp3) is 0.333. The fourth-order valence-corrected chi connectivity index (χ4v) is 0.174. The van der Waals surface area contributed by atoms with E-state index in [0.29, 0.717) is 5.57 Å². The number of carboxylic acid groups (broad SMARTS) is 2. The first-order valence-corrected chi connectivity index (χ1v) is 2.57. The molecule has 0 rings (SSSR count). The summed E-state index contributed by atoms with van der Waals surface area (Å²) in [6.07, 6.45) is -1.83. The smallest absolute Gasteiger partial charge is 0.466 e. The van der Waals surface area contributed by atoms with Crippen LogP contribution in [0.3, 0.4) is 0 Å². The van der Waals surface area contributed by atoms with Gasteiger partial charge in [0.05, 0.1) is 7.11 Å². The summed E-state index contributed by atoms with van der Waals surface area (Å²) in [6.45, 7) is 4.95. The SMILES string of the molecule is C=C(C)C(=O)OC.O=C(O)O. The lowest BCUT2D eigenvalue weighted by Gasteiger charge is -1.91. The second-order valence-electron chi connectivity index (χ2n) is 1.55. The normalized spacial score (nSPS) is 7.09. The van der Waals surface area contributed by atoms with Crippen molar-refractivity contribution in [2.45, 2.75) is 6.92 Å². The Bertz CT molecular complexity index is 156. The lowest BCUT2D eigenvalue weighted by atomic mass is 10.4. The molecule has 2 N–H and O–H groups in total. The van der Waals surface area contributed by atoms with Crippen molar-refractivity contribution in [1.29, 1.82) is 0 Å². The van der Waals surface area contributed by atoms with Crippen molar-refractivity contribution in [1.82, 2.24) is 0 Å². The first kappa shape index (κ1) is 12.2. The zero-order chi connectivity index (χ0) is 9.44. The van der Waals surface area contributed by atoms with Crippen molar-refractivity contribution >= 4 is 12.1 Å².